The summed E-state index contributed by atoms with van der Waals surface area (Å²) in [4.78, 5) is 0. The van der Waals surface area contributed by atoms with Crippen LogP contribution >= 0.6 is 12.2 Å². The average molecular weight is 300 g/mol. The summed E-state index contributed by atoms with van der Waals surface area (Å²) in [5, 5.41) is 11.0. The number of benzene rings is 1. The Morgan fingerprint density at radius 1 is 1.29 bits per heavy atom. The van der Waals surface area contributed by atoms with Gasteiger partial charge in [0.25, 0.3) is 0 Å². The molecule has 3 aromatic rings. The molecule has 1 aromatic carbocycles. The van der Waals surface area contributed by atoms with E-state index in [0.717, 1.165) is 5.75 Å². The highest BCUT2D eigenvalue weighted by Crippen LogP contribution is 2.11. The lowest BCUT2D eigenvalue weighted by molar-refractivity contribution is 0.290. The van der Waals surface area contributed by atoms with Crippen molar-refractivity contribution in [2.24, 2.45) is 5.10 Å². The molecule has 0 aliphatic carbocycles. The maximum Gasteiger partial charge on any atom is 0.216 e. The maximum absolute atomic E-state index is 5.64. The van der Waals surface area contributed by atoms with Crippen LogP contribution in [0.4, 0.5) is 0 Å². The molecule has 0 aliphatic rings. The molecule has 0 bridgehead atoms. The Kier molecular flexibility index (Phi) is 3.92. The first-order chi connectivity index (χ1) is 10.3. The Bertz CT molecular complexity index is 775. The number of aromatic nitrogens is 3. The van der Waals surface area contributed by atoms with E-state index in [2.05, 4.69) is 15.3 Å². The van der Waals surface area contributed by atoms with Crippen molar-refractivity contribution in [3.8, 4) is 5.75 Å². The van der Waals surface area contributed by atoms with Crippen molar-refractivity contribution in [3.05, 3.63) is 65.1 Å². The number of para-hydroxylation sites is 1. The third-order valence-electron chi connectivity index (χ3n) is 2.67. The molecule has 1 N–H and O–H groups in total. The second-order valence-electron chi connectivity index (χ2n) is 4.12. The topological polar surface area (TPSA) is 68.3 Å². The number of hydrogen-bond donors (Lipinski definition) is 1. The lowest BCUT2D eigenvalue weighted by Crippen LogP contribution is -2.04. The molecule has 6 nitrogen and oxygen atoms in total. The van der Waals surface area contributed by atoms with Crippen molar-refractivity contribution < 1.29 is 9.15 Å². The average Bonchev–Trinajstić information content (AvgIpc) is 3.14. The molecule has 106 valence electrons. The molecular formula is C14H12N4O2S. The molecule has 0 saturated carbocycles. The predicted octanol–water partition coefficient (Wildman–Crippen LogP) is 2.99. The lowest BCUT2D eigenvalue weighted by atomic mass is 10.3. The molecule has 0 aliphatic heterocycles. The van der Waals surface area contributed by atoms with Gasteiger partial charge >= 0.3 is 0 Å². The van der Waals surface area contributed by atoms with Gasteiger partial charge in [-0.1, -0.05) is 18.2 Å². The number of rotatable bonds is 5. The van der Waals surface area contributed by atoms with Crippen LogP contribution in [-0.2, 0) is 6.61 Å². The zero-order chi connectivity index (χ0) is 14.5. The van der Waals surface area contributed by atoms with Crippen molar-refractivity contribution in [1.29, 1.82) is 0 Å². The van der Waals surface area contributed by atoms with Crippen LogP contribution in [0.1, 0.15) is 11.6 Å². The SMILES string of the molecule is S=c1[nH]nc(COc2ccccc2)n1/N=C\c1ccco1. The Hall–Kier alpha value is -2.67. The van der Waals surface area contributed by atoms with Gasteiger partial charge < -0.3 is 9.15 Å². The number of nitrogens with one attached hydrogen (secondary N) is 1. The van der Waals surface area contributed by atoms with Crippen LogP contribution in [0.5, 0.6) is 5.75 Å². The minimum Gasteiger partial charge on any atom is -0.486 e. The molecule has 21 heavy (non-hydrogen) atoms. The van der Waals surface area contributed by atoms with Gasteiger partial charge in [0.1, 0.15) is 18.1 Å². The van der Waals surface area contributed by atoms with Gasteiger partial charge in [0.2, 0.25) is 4.77 Å². The molecule has 3 rings (SSSR count). The van der Waals surface area contributed by atoms with Gasteiger partial charge in [-0.3, -0.25) is 0 Å². The number of H-pyrrole nitrogens is 1. The minimum absolute atomic E-state index is 0.257. The van der Waals surface area contributed by atoms with Gasteiger partial charge in [-0.05, 0) is 36.5 Å². The molecule has 2 aromatic heterocycles. The van der Waals surface area contributed by atoms with Gasteiger partial charge in [0.15, 0.2) is 5.82 Å². The normalized spacial score (nSPS) is 11.0. The molecule has 2 heterocycles. The van der Waals surface area contributed by atoms with Crippen molar-refractivity contribution in [2.45, 2.75) is 6.61 Å². The van der Waals surface area contributed by atoms with E-state index >= 15 is 0 Å². The van der Waals surface area contributed by atoms with E-state index in [1.807, 2.05) is 30.3 Å². The highest BCUT2D eigenvalue weighted by molar-refractivity contribution is 7.71. The Balaban J connectivity index is 1.76. The number of hydrogen-bond acceptors (Lipinski definition) is 5. The third-order valence-corrected chi connectivity index (χ3v) is 2.94. The monoisotopic (exact) mass is 300 g/mol. The van der Waals surface area contributed by atoms with E-state index in [-0.39, 0.29) is 6.61 Å². The molecule has 0 unspecified atom stereocenters. The summed E-state index contributed by atoms with van der Waals surface area (Å²) >= 11 is 5.14. The molecule has 0 atom stereocenters. The van der Waals surface area contributed by atoms with Crippen LogP contribution in [0, 0.1) is 4.77 Å². The van der Waals surface area contributed by atoms with Crippen molar-refractivity contribution >= 4 is 18.4 Å². The van der Waals surface area contributed by atoms with Gasteiger partial charge in [0.05, 0.1) is 12.5 Å². The van der Waals surface area contributed by atoms with E-state index in [9.17, 15) is 0 Å². The lowest BCUT2D eigenvalue weighted by Gasteiger charge is -2.04. The zero-order valence-corrected chi connectivity index (χ0v) is 11.8. The highest BCUT2D eigenvalue weighted by Gasteiger charge is 2.06. The maximum atomic E-state index is 5.64. The summed E-state index contributed by atoms with van der Waals surface area (Å²) in [6.45, 7) is 0.257. The number of furan rings is 1. The number of ether oxygens (including phenoxy) is 1. The highest BCUT2D eigenvalue weighted by atomic mass is 32.1. The van der Waals surface area contributed by atoms with Crippen molar-refractivity contribution in [2.75, 3.05) is 0 Å². The molecular weight excluding hydrogens is 288 g/mol. The predicted molar refractivity (Wildman–Crippen MR) is 79.9 cm³/mol. The second kappa shape index (κ2) is 6.19. The van der Waals surface area contributed by atoms with Gasteiger partial charge in [-0.25, -0.2) is 5.10 Å². The van der Waals surface area contributed by atoms with E-state index in [1.165, 1.54) is 4.68 Å². The van der Waals surface area contributed by atoms with Crippen molar-refractivity contribution in [1.82, 2.24) is 14.9 Å². The molecule has 0 saturated heterocycles. The standard InChI is InChI=1S/C14H12N4O2S/c21-14-17-16-13(10-20-11-5-2-1-3-6-11)18(14)15-9-12-7-4-8-19-12/h1-9H,10H2,(H,17,21)/b15-9-. The van der Waals surface area contributed by atoms with Crippen molar-refractivity contribution in [3.63, 3.8) is 0 Å². The van der Waals surface area contributed by atoms with Crippen LogP contribution in [-0.4, -0.2) is 21.1 Å². The van der Waals surface area contributed by atoms with E-state index in [4.69, 9.17) is 21.4 Å². The third kappa shape index (κ3) is 3.26. The van der Waals surface area contributed by atoms with E-state index in [0.29, 0.717) is 16.4 Å². The quantitative estimate of drug-likeness (QED) is 0.581. The summed E-state index contributed by atoms with van der Waals surface area (Å²) in [6, 6.07) is 13.1. The van der Waals surface area contributed by atoms with Crippen LogP contribution in [0.3, 0.4) is 0 Å². The summed E-state index contributed by atoms with van der Waals surface area (Å²) in [5.74, 6) is 1.97. The fourth-order valence-corrected chi connectivity index (χ4v) is 1.88. The van der Waals surface area contributed by atoms with Crippen LogP contribution < -0.4 is 4.74 Å². The van der Waals surface area contributed by atoms with Gasteiger partial charge in [-0.15, -0.1) is 0 Å². The molecule has 0 amide bonds. The second-order valence-corrected chi connectivity index (χ2v) is 4.51. The van der Waals surface area contributed by atoms with Gasteiger partial charge in [-0.2, -0.15) is 14.9 Å². The fourth-order valence-electron chi connectivity index (χ4n) is 1.68. The molecule has 7 heteroatoms. The minimum atomic E-state index is 0.257. The molecule has 0 fully saturated rings. The smallest absolute Gasteiger partial charge is 0.216 e. The van der Waals surface area contributed by atoms with Gasteiger partial charge in [0, 0.05) is 0 Å². The Morgan fingerprint density at radius 3 is 2.90 bits per heavy atom. The zero-order valence-electron chi connectivity index (χ0n) is 11.0. The number of aromatic amines is 1. The largest absolute Gasteiger partial charge is 0.486 e. The van der Waals surface area contributed by atoms with Crippen LogP contribution in [0.15, 0.2) is 58.2 Å². The summed E-state index contributed by atoms with van der Waals surface area (Å²) in [6.07, 6.45) is 3.15. The van der Waals surface area contributed by atoms with E-state index < -0.39 is 0 Å². The fraction of sp³-hybridized carbons (Fsp3) is 0.0714. The first-order valence-electron chi connectivity index (χ1n) is 6.25. The summed E-state index contributed by atoms with van der Waals surface area (Å²) in [5.41, 5.74) is 0. The first-order valence-corrected chi connectivity index (χ1v) is 6.66. The van der Waals surface area contributed by atoms with Crippen LogP contribution in [0.25, 0.3) is 0 Å². The molecule has 0 spiro atoms. The van der Waals surface area contributed by atoms with E-state index in [1.54, 1.807) is 24.6 Å². The van der Waals surface area contributed by atoms with Crippen LogP contribution in [0.2, 0.25) is 0 Å². The Morgan fingerprint density at radius 2 is 2.14 bits per heavy atom. The Labute approximate surface area is 125 Å². The summed E-state index contributed by atoms with van der Waals surface area (Å²) < 4.78 is 12.7. The molecule has 0 radical (unpaired) electrons. The number of nitrogens with zero attached hydrogens (tertiary/aromatic N) is 3. The first kappa shape index (κ1) is 13.3. The summed E-state index contributed by atoms with van der Waals surface area (Å²) in [7, 11) is 0.